The molecule has 8 heteroatoms. The van der Waals surface area contributed by atoms with Gasteiger partial charge in [0.25, 0.3) is 5.22 Å². The Bertz CT molecular complexity index is 960. The Morgan fingerprint density at radius 1 is 1.07 bits per heavy atom. The molecule has 0 spiro atoms. The Kier molecular flexibility index (Phi) is 6.77. The Balaban J connectivity index is 1.75. The molecule has 0 N–H and O–H groups in total. The lowest BCUT2D eigenvalue weighted by atomic mass is 10.1. The number of ether oxygens (including phenoxy) is 3. The fraction of sp³-hybridized carbons (Fsp3) is 0.286. The van der Waals surface area contributed by atoms with Crippen molar-refractivity contribution in [1.82, 2.24) is 10.2 Å². The highest BCUT2D eigenvalue weighted by Crippen LogP contribution is 2.41. The summed E-state index contributed by atoms with van der Waals surface area (Å²) in [6.07, 6.45) is 0. The van der Waals surface area contributed by atoms with Gasteiger partial charge in [0, 0.05) is 11.1 Å². The number of ketones is 1. The SMILES string of the molecule is CCOc1c(OC)cc(-c2nnc(SCC(=O)c3ccc(C)cc3)o2)cc1OC. The van der Waals surface area contributed by atoms with Gasteiger partial charge < -0.3 is 18.6 Å². The Morgan fingerprint density at radius 2 is 1.72 bits per heavy atom. The number of benzene rings is 2. The van der Waals surface area contributed by atoms with Crippen LogP contribution in [0.5, 0.6) is 17.2 Å². The number of thioether (sulfide) groups is 1. The molecule has 0 bridgehead atoms. The molecule has 1 heterocycles. The summed E-state index contributed by atoms with van der Waals surface area (Å²) in [4.78, 5) is 12.3. The van der Waals surface area contributed by atoms with Crippen LogP contribution in [0.15, 0.2) is 46.0 Å². The molecule has 0 aliphatic carbocycles. The van der Waals surface area contributed by atoms with Crippen molar-refractivity contribution in [2.45, 2.75) is 19.1 Å². The van der Waals surface area contributed by atoms with Gasteiger partial charge >= 0.3 is 0 Å². The van der Waals surface area contributed by atoms with Crippen LogP contribution in [-0.2, 0) is 0 Å². The number of methoxy groups -OCH3 is 2. The highest BCUT2D eigenvalue weighted by molar-refractivity contribution is 7.99. The Hall–Kier alpha value is -3.00. The van der Waals surface area contributed by atoms with E-state index in [1.54, 1.807) is 26.4 Å². The van der Waals surface area contributed by atoms with E-state index in [0.29, 0.717) is 46.1 Å². The standard InChI is InChI=1S/C21H22N2O5S/c1-5-27-19-17(25-3)10-15(11-18(19)26-4)20-22-23-21(28-20)29-12-16(24)14-8-6-13(2)7-9-14/h6-11H,5,12H2,1-4H3. The van der Waals surface area contributed by atoms with E-state index >= 15 is 0 Å². The van der Waals surface area contributed by atoms with Crippen LogP contribution in [0.3, 0.4) is 0 Å². The second kappa shape index (κ2) is 9.47. The van der Waals surface area contributed by atoms with E-state index in [0.717, 1.165) is 5.56 Å². The average molecular weight is 414 g/mol. The van der Waals surface area contributed by atoms with Gasteiger partial charge in [0.05, 0.1) is 26.6 Å². The minimum Gasteiger partial charge on any atom is -0.493 e. The first kappa shape index (κ1) is 20.7. The highest BCUT2D eigenvalue weighted by atomic mass is 32.2. The first-order chi connectivity index (χ1) is 14.0. The fourth-order valence-electron chi connectivity index (χ4n) is 2.62. The lowest BCUT2D eigenvalue weighted by molar-refractivity contribution is 0.102. The zero-order valence-corrected chi connectivity index (χ0v) is 17.5. The summed E-state index contributed by atoms with van der Waals surface area (Å²) in [7, 11) is 3.10. The molecule has 0 saturated heterocycles. The molecule has 0 saturated carbocycles. The van der Waals surface area contributed by atoms with Crippen molar-refractivity contribution >= 4 is 17.5 Å². The number of nitrogens with zero attached hydrogens (tertiary/aromatic N) is 2. The molecule has 0 aliphatic rings. The summed E-state index contributed by atoms with van der Waals surface area (Å²) in [5.74, 6) is 2.03. The van der Waals surface area contributed by atoms with Crippen molar-refractivity contribution in [2.24, 2.45) is 0 Å². The van der Waals surface area contributed by atoms with E-state index in [9.17, 15) is 4.79 Å². The van der Waals surface area contributed by atoms with Crippen molar-refractivity contribution in [3.05, 3.63) is 47.5 Å². The maximum absolute atomic E-state index is 12.3. The van der Waals surface area contributed by atoms with Gasteiger partial charge in [0.15, 0.2) is 17.3 Å². The highest BCUT2D eigenvalue weighted by Gasteiger charge is 2.18. The average Bonchev–Trinajstić information content (AvgIpc) is 3.22. The second-order valence-corrected chi connectivity index (χ2v) is 7.02. The van der Waals surface area contributed by atoms with Gasteiger partial charge in [0.2, 0.25) is 11.6 Å². The third kappa shape index (κ3) is 4.89. The van der Waals surface area contributed by atoms with E-state index in [2.05, 4.69) is 10.2 Å². The van der Waals surface area contributed by atoms with Crippen LogP contribution in [-0.4, -0.2) is 42.6 Å². The van der Waals surface area contributed by atoms with E-state index < -0.39 is 0 Å². The molecule has 7 nitrogen and oxygen atoms in total. The molecule has 0 fully saturated rings. The maximum Gasteiger partial charge on any atom is 0.277 e. The number of aryl methyl sites for hydroxylation is 1. The van der Waals surface area contributed by atoms with Gasteiger partial charge in [-0.05, 0) is 26.0 Å². The lowest BCUT2D eigenvalue weighted by Gasteiger charge is -2.14. The molecule has 0 unspecified atom stereocenters. The van der Waals surface area contributed by atoms with Crippen LogP contribution < -0.4 is 14.2 Å². The largest absolute Gasteiger partial charge is 0.493 e. The smallest absolute Gasteiger partial charge is 0.277 e. The molecule has 29 heavy (non-hydrogen) atoms. The summed E-state index contributed by atoms with van der Waals surface area (Å²) in [6, 6.07) is 10.9. The molecular weight excluding hydrogens is 392 g/mol. The van der Waals surface area contributed by atoms with Crippen LogP contribution in [0.2, 0.25) is 0 Å². The number of rotatable bonds is 9. The van der Waals surface area contributed by atoms with E-state index in [-0.39, 0.29) is 11.5 Å². The quantitative estimate of drug-likeness (QED) is 0.375. The molecule has 0 atom stereocenters. The van der Waals surface area contributed by atoms with Crippen molar-refractivity contribution in [3.63, 3.8) is 0 Å². The fourth-order valence-corrected chi connectivity index (χ4v) is 3.28. The predicted molar refractivity (Wildman–Crippen MR) is 110 cm³/mol. The number of aromatic nitrogens is 2. The van der Waals surface area contributed by atoms with Crippen LogP contribution in [0.25, 0.3) is 11.5 Å². The normalized spacial score (nSPS) is 10.6. The van der Waals surface area contributed by atoms with Gasteiger partial charge in [-0.1, -0.05) is 41.6 Å². The monoisotopic (exact) mass is 414 g/mol. The van der Waals surface area contributed by atoms with Gasteiger partial charge in [-0.2, -0.15) is 0 Å². The number of Topliss-reactive ketones (excluding diaryl/α,β-unsaturated/α-hetero) is 1. The molecule has 0 aliphatic heterocycles. The predicted octanol–water partition coefficient (Wildman–Crippen LogP) is 4.44. The molecule has 3 rings (SSSR count). The van der Waals surface area contributed by atoms with Gasteiger partial charge in [0.1, 0.15) is 0 Å². The van der Waals surface area contributed by atoms with Gasteiger partial charge in [-0.3, -0.25) is 4.79 Å². The number of carbonyl (C=O) groups is 1. The zero-order chi connectivity index (χ0) is 20.8. The molecule has 1 aromatic heterocycles. The topological polar surface area (TPSA) is 83.7 Å². The Labute approximate surface area is 173 Å². The van der Waals surface area contributed by atoms with Crippen LogP contribution in [0, 0.1) is 6.92 Å². The van der Waals surface area contributed by atoms with Crippen molar-refractivity contribution in [3.8, 4) is 28.7 Å². The van der Waals surface area contributed by atoms with Gasteiger partial charge in [-0.25, -0.2) is 0 Å². The molecule has 2 aromatic carbocycles. The molecular formula is C21H22N2O5S. The first-order valence-corrected chi connectivity index (χ1v) is 9.99. The van der Waals surface area contributed by atoms with Gasteiger partial charge in [-0.15, -0.1) is 10.2 Å². The van der Waals surface area contributed by atoms with E-state index in [1.807, 2.05) is 38.1 Å². The Morgan fingerprint density at radius 3 is 2.31 bits per heavy atom. The third-order valence-electron chi connectivity index (χ3n) is 4.10. The van der Waals surface area contributed by atoms with Crippen LogP contribution >= 0.6 is 11.8 Å². The van der Waals surface area contributed by atoms with Crippen molar-refractivity contribution < 1.29 is 23.4 Å². The summed E-state index contributed by atoms with van der Waals surface area (Å²) >= 11 is 1.20. The van der Waals surface area contributed by atoms with E-state index in [4.69, 9.17) is 18.6 Å². The molecule has 0 radical (unpaired) electrons. The second-order valence-electron chi connectivity index (χ2n) is 6.09. The third-order valence-corrected chi connectivity index (χ3v) is 4.92. The summed E-state index contributed by atoms with van der Waals surface area (Å²) in [5.41, 5.74) is 2.40. The number of carbonyl (C=O) groups excluding carboxylic acids is 1. The molecule has 0 amide bonds. The van der Waals surface area contributed by atoms with Crippen LogP contribution in [0.4, 0.5) is 0 Å². The minimum absolute atomic E-state index is 0.000782. The van der Waals surface area contributed by atoms with Crippen molar-refractivity contribution in [2.75, 3.05) is 26.6 Å². The lowest BCUT2D eigenvalue weighted by Crippen LogP contribution is -2.02. The maximum atomic E-state index is 12.3. The summed E-state index contributed by atoms with van der Waals surface area (Å²) < 4.78 is 22.1. The first-order valence-electron chi connectivity index (χ1n) is 9.01. The van der Waals surface area contributed by atoms with Crippen LogP contribution in [0.1, 0.15) is 22.8 Å². The summed E-state index contributed by atoms with van der Waals surface area (Å²) in [6.45, 7) is 4.34. The zero-order valence-electron chi connectivity index (χ0n) is 16.7. The molecule has 152 valence electrons. The minimum atomic E-state index is -0.000782. The number of hydrogen-bond donors (Lipinski definition) is 0. The molecule has 3 aromatic rings. The van der Waals surface area contributed by atoms with Crippen molar-refractivity contribution in [1.29, 1.82) is 0 Å². The number of hydrogen-bond acceptors (Lipinski definition) is 8. The summed E-state index contributed by atoms with van der Waals surface area (Å²) in [5, 5.41) is 8.41. The van der Waals surface area contributed by atoms with E-state index in [1.165, 1.54) is 11.8 Å².